The molecule has 136 valence electrons. The van der Waals surface area contributed by atoms with Crippen molar-refractivity contribution < 1.29 is 18.3 Å². The maximum Gasteiger partial charge on any atom is 0.241 e. The van der Waals surface area contributed by atoms with Gasteiger partial charge < -0.3 is 15.7 Å². The van der Waals surface area contributed by atoms with E-state index in [-0.39, 0.29) is 31.8 Å². The Labute approximate surface area is 149 Å². The summed E-state index contributed by atoms with van der Waals surface area (Å²) in [6, 6.07) is 7.37. The number of aliphatic hydroxyl groups excluding tert-OH is 1. The Morgan fingerprint density at radius 3 is 2.46 bits per heavy atom. The van der Waals surface area contributed by atoms with Crippen LogP contribution in [0, 0.1) is 6.92 Å². The Morgan fingerprint density at radius 1 is 1.33 bits per heavy atom. The zero-order valence-electron chi connectivity index (χ0n) is 13.9. The Kier molecular flexibility index (Phi) is 7.22. The number of nitrogens with one attached hydrogen (secondary N) is 2. The smallest absolute Gasteiger partial charge is 0.241 e. The zero-order chi connectivity index (χ0) is 17.1. The molecule has 0 bridgehead atoms. The van der Waals surface area contributed by atoms with Gasteiger partial charge in [-0.1, -0.05) is 24.3 Å². The van der Waals surface area contributed by atoms with Crippen LogP contribution in [-0.2, 0) is 14.6 Å². The quantitative estimate of drug-likeness (QED) is 0.704. The first-order valence-electron chi connectivity index (χ1n) is 7.70. The molecule has 3 N–H and O–H groups in total. The molecule has 0 radical (unpaired) electrons. The lowest BCUT2D eigenvalue weighted by molar-refractivity contribution is -0.124. The largest absolute Gasteiger partial charge is 0.387 e. The van der Waals surface area contributed by atoms with Crippen molar-refractivity contribution in [1.82, 2.24) is 10.6 Å². The van der Waals surface area contributed by atoms with E-state index in [0.717, 1.165) is 17.4 Å². The lowest BCUT2D eigenvalue weighted by Crippen LogP contribution is -2.57. The first kappa shape index (κ1) is 20.9. The third-order valence-corrected chi connectivity index (χ3v) is 6.55. The molecule has 1 amide bonds. The number of hydrogen-bond donors (Lipinski definition) is 3. The van der Waals surface area contributed by atoms with Gasteiger partial charge in [-0.05, 0) is 44.0 Å². The van der Waals surface area contributed by atoms with E-state index in [1.165, 1.54) is 0 Å². The van der Waals surface area contributed by atoms with E-state index in [0.29, 0.717) is 13.1 Å². The Hall–Kier alpha value is -1.15. The van der Waals surface area contributed by atoms with Crippen molar-refractivity contribution in [2.75, 3.05) is 25.9 Å². The molecule has 1 unspecified atom stereocenters. The number of hydrogen-bond acceptors (Lipinski definition) is 5. The number of carbonyl (C=O) groups is 1. The lowest BCUT2D eigenvalue weighted by atomic mass is 9.95. The van der Waals surface area contributed by atoms with E-state index >= 15 is 0 Å². The van der Waals surface area contributed by atoms with Gasteiger partial charge in [0.2, 0.25) is 5.91 Å². The van der Waals surface area contributed by atoms with Gasteiger partial charge in [0.25, 0.3) is 0 Å². The third-order valence-electron chi connectivity index (χ3n) is 4.54. The summed E-state index contributed by atoms with van der Waals surface area (Å²) >= 11 is 0. The summed E-state index contributed by atoms with van der Waals surface area (Å²) in [6.07, 6.45) is 0.741. The van der Waals surface area contributed by atoms with Crippen molar-refractivity contribution in [2.45, 2.75) is 30.6 Å². The van der Waals surface area contributed by atoms with E-state index < -0.39 is 26.6 Å². The van der Waals surface area contributed by atoms with E-state index in [1.54, 1.807) is 6.07 Å². The highest BCUT2D eigenvalue weighted by atomic mass is 35.5. The molecular weight excluding hydrogens is 352 g/mol. The third kappa shape index (κ3) is 4.27. The molecule has 1 aliphatic heterocycles. The molecule has 1 atom stereocenters. The number of benzene rings is 1. The molecule has 2 rings (SSSR count). The van der Waals surface area contributed by atoms with Crippen molar-refractivity contribution in [2.24, 2.45) is 0 Å². The summed E-state index contributed by atoms with van der Waals surface area (Å²) in [5.74, 6) is -0.519. The van der Waals surface area contributed by atoms with Gasteiger partial charge in [-0.15, -0.1) is 12.4 Å². The van der Waals surface area contributed by atoms with Gasteiger partial charge in [0, 0.05) is 12.8 Å². The van der Waals surface area contributed by atoms with Gasteiger partial charge in [0.1, 0.15) is 0 Å². The number of aliphatic hydroxyl groups is 1. The molecule has 0 saturated carbocycles. The maximum atomic E-state index is 12.6. The molecular formula is C16H25ClN2O4S. The highest BCUT2D eigenvalue weighted by molar-refractivity contribution is 7.92. The van der Waals surface area contributed by atoms with E-state index in [9.17, 15) is 18.3 Å². The fourth-order valence-corrected chi connectivity index (χ4v) is 4.37. The summed E-state index contributed by atoms with van der Waals surface area (Å²) < 4.78 is 22.9. The summed E-state index contributed by atoms with van der Waals surface area (Å²) in [5, 5.41) is 16.0. The average molecular weight is 377 g/mol. The van der Waals surface area contributed by atoms with E-state index in [1.807, 2.05) is 25.1 Å². The number of sulfone groups is 1. The standard InChI is InChI=1S/C16H24N2O4S.ClH/c1-12-5-3-4-6-13(12)14(19)11-18-15(20)16(23(2,21)22)7-9-17-10-8-16;/h3-6,14,17,19H,7-11H2,1-2H3,(H,18,20);1H. The SMILES string of the molecule is Cc1ccccc1C(O)CNC(=O)C1(S(C)(=O)=O)CCNCC1.Cl. The van der Waals surface area contributed by atoms with Crippen molar-refractivity contribution in [3.05, 3.63) is 35.4 Å². The number of amides is 1. The van der Waals surface area contributed by atoms with Gasteiger partial charge >= 0.3 is 0 Å². The van der Waals surface area contributed by atoms with Crippen molar-refractivity contribution in [3.63, 3.8) is 0 Å². The lowest BCUT2D eigenvalue weighted by Gasteiger charge is -2.34. The van der Waals surface area contributed by atoms with Crippen molar-refractivity contribution in [3.8, 4) is 0 Å². The van der Waals surface area contributed by atoms with Crippen molar-refractivity contribution in [1.29, 1.82) is 0 Å². The van der Waals surface area contributed by atoms with Crippen LogP contribution >= 0.6 is 12.4 Å². The fourth-order valence-electron chi connectivity index (χ4n) is 3.02. The van der Waals surface area contributed by atoms with Crippen LogP contribution < -0.4 is 10.6 Å². The molecule has 0 spiro atoms. The van der Waals surface area contributed by atoms with Crippen LogP contribution in [0.2, 0.25) is 0 Å². The van der Waals surface area contributed by atoms with Gasteiger partial charge in [0.15, 0.2) is 14.6 Å². The van der Waals surface area contributed by atoms with E-state index in [2.05, 4.69) is 10.6 Å². The first-order valence-corrected chi connectivity index (χ1v) is 9.59. The highest BCUT2D eigenvalue weighted by Gasteiger charge is 2.48. The number of rotatable bonds is 5. The van der Waals surface area contributed by atoms with Crippen LogP contribution in [0.1, 0.15) is 30.1 Å². The maximum absolute atomic E-state index is 12.6. The second-order valence-electron chi connectivity index (χ2n) is 6.10. The minimum Gasteiger partial charge on any atom is -0.387 e. The predicted molar refractivity (Wildman–Crippen MR) is 96.1 cm³/mol. The Morgan fingerprint density at radius 2 is 1.92 bits per heavy atom. The van der Waals surface area contributed by atoms with E-state index in [4.69, 9.17) is 0 Å². The molecule has 0 aliphatic carbocycles. The fraction of sp³-hybridized carbons (Fsp3) is 0.562. The monoisotopic (exact) mass is 376 g/mol. The number of carbonyl (C=O) groups excluding carboxylic acids is 1. The number of piperidine rings is 1. The van der Waals surface area contributed by atoms with Gasteiger partial charge in [-0.3, -0.25) is 4.79 Å². The van der Waals surface area contributed by atoms with Crippen LogP contribution in [0.5, 0.6) is 0 Å². The summed E-state index contributed by atoms with van der Waals surface area (Å²) in [5.41, 5.74) is 1.65. The van der Waals surface area contributed by atoms with Crippen LogP contribution in [0.15, 0.2) is 24.3 Å². The average Bonchev–Trinajstić information content (AvgIpc) is 2.52. The molecule has 1 aliphatic rings. The van der Waals surface area contributed by atoms with Gasteiger partial charge in [-0.2, -0.15) is 0 Å². The molecule has 8 heteroatoms. The van der Waals surface area contributed by atoms with Crippen LogP contribution in [0.25, 0.3) is 0 Å². The van der Waals surface area contributed by atoms with Gasteiger partial charge in [-0.25, -0.2) is 8.42 Å². The zero-order valence-corrected chi connectivity index (χ0v) is 15.5. The Bertz CT molecular complexity index is 672. The predicted octanol–water partition coefficient (Wildman–Crippen LogP) is 0.733. The summed E-state index contributed by atoms with van der Waals surface area (Å²) in [7, 11) is -3.54. The second kappa shape index (κ2) is 8.29. The molecule has 1 fully saturated rings. The second-order valence-corrected chi connectivity index (χ2v) is 8.42. The van der Waals surface area contributed by atoms with Crippen molar-refractivity contribution >= 4 is 28.2 Å². The number of aryl methyl sites for hydroxylation is 1. The number of halogens is 1. The normalized spacial score (nSPS) is 18.3. The minimum absolute atomic E-state index is 0. The Balaban J connectivity index is 0.00000288. The van der Waals surface area contributed by atoms with Crippen LogP contribution in [0.4, 0.5) is 0 Å². The molecule has 1 heterocycles. The molecule has 1 saturated heterocycles. The molecule has 0 aromatic heterocycles. The van der Waals surface area contributed by atoms with Crippen LogP contribution in [0.3, 0.4) is 0 Å². The summed E-state index contributed by atoms with van der Waals surface area (Å²) in [4.78, 5) is 12.6. The molecule has 6 nitrogen and oxygen atoms in total. The topological polar surface area (TPSA) is 95.5 Å². The van der Waals surface area contributed by atoms with Gasteiger partial charge in [0.05, 0.1) is 6.10 Å². The highest BCUT2D eigenvalue weighted by Crippen LogP contribution is 2.28. The summed E-state index contributed by atoms with van der Waals surface area (Å²) in [6.45, 7) is 2.85. The molecule has 24 heavy (non-hydrogen) atoms. The molecule has 1 aromatic carbocycles. The molecule has 1 aromatic rings. The first-order chi connectivity index (χ1) is 10.8. The van der Waals surface area contributed by atoms with Crippen LogP contribution in [-0.4, -0.2) is 50.1 Å². The minimum atomic E-state index is -3.54.